The maximum Gasteiger partial charge on any atom is 0.412 e. The predicted octanol–water partition coefficient (Wildman–Crippen LogP) is 5.11. The first-order valence-electron chi connectivity index (χ1n) is 7.51. The van der Waals surface area contributed by atoms with Crippen molar-refractivity contribution in [3.63, 3.8) is 0 Å². The number of benzene rings is 1. The third-order valence-corrected chi connectivity index (χ3v) is 3.28. The number of carbonyl (C=O) groups is 1. The molecule has 2 rings (SSSR count). The van der Waals surface area contributed by atoms with Gasteiger partial charge in [-0.25, -0.2) is 4.79 Å². The van der Waals surface area contributed by atoms with Gasteiger partial charge in [0.05, 0.1) is 0 Å². The normalized spacial score (nSPS) is 11.5. The van der Waals surface area contributed by atoms with Gasteiger partial charge in [-0.1, -0.05) is 19.1 Å². The van der Waals surface area contributed by atoms with Gasteiger partial charge in [0.2, 0.25) is 0 Å². The number of ether oxygens (including phenoxy) is 1. The molecule has 1 aromatic carbocycles. The number of hydrogen-bond acceptors (Lipinski definition) is 2. The Morgan fingerprint density at radius 1 is 1.32 bits per heavy atom. The molecule has 0 aliphatic rings. The summed E-state index contributed by atoms with van der Waals surface area (Å²) in [6.07, 6.45) is 0.473. The van der Waals surface area contributed by atoms with Crippen molar-refractivity contribution in [3.8, 4) is 0 Å². The van der Waals surface area contributed by atoms with E-state index in [1.54, 1.807) is 0 Å². The molecule has 1 heterocycles. The van der Waals surface area contributed by atoms with E-state index in [1.165, 1.54) is 0 Å². The van der Waals surface area contributed by atoms with Gasteiger partial charge in [-0.2, -0.15) is 0 Å². The second kappa shape index (κ2) is 5.87. The zero-order valence-electron chi connectivity index (χ0n) is 14.0. The van der Waals surface area contributed by atoms with Crippen molar-refractivity contribution in [2.24, 2.45) is 0 Å². The molecule has 4 nitrogen and oxygen atoms in total. The van der Waals surface area contributed by atoms with Crippen LogP contribution >= 0.6 is 0 Å². The number of H-pyrrole nitrogens is 1. The smallest absolute Gasteiger partial charge is 0.412 e. The van der Waals surface area contributed by atoms with Gasteiger partial charge in [-0.15, -0.1) is 0 Å². The number of hydrogen-bond donors (Lipinski definition) is 2. The van der Waals surface area contributed by atoms with Crippen LogP contribution in [-0.4, -0.2) is 16.7 Å². The van der Waals surface area contributed by atoms with Crippen LogP contribution in [0.2, 0.25) is 0 Å². The van der Waals surface area contributed by atoms with Crippen LogP contribution in [0.25, 0.3) is 16.5 Å². The van der Waals surface area contributed by atoms with Crippen LogP contribution in [0.1, 0.15) is 45.9 Å². The molecule has 1 aromatic heterocycles. The molecule has 0 saturated heterocycles. The minimum Gasteiger partial charge on any atom is -0.444 e. The second-order valence-corrected chi connectivity index (χ2v) is 6.54. The number of carbonyl (C=O) groups excluding carboxylic acids is 1. The molecular formula is C18H24N2O2. The molecule has 2 N–H and O–H groups in total. The van der Waals surface area contributed by atoms with Crippen molar-refractivity contribution in [1.82, 2.24) is 4.98 Å². The van der Waals surface area contributed by atoms with Crippen molar-refractivity contribution < 1.29 is 9.53 Å². The third kappa shape index (κ3) is 3.70. The Bertz CT molecular complexity index is 720. The van der Waals surface area contributed by atoms with E-state index < -0.39 is 11.7 Å². The maximum absolute atomic E-state index is 11.9. The van der Waals surface area contributed by atoms with Crippen LogP contribution < -0.4 is 5.32 Å². The van der Waals surface area contributed by atoms with E-state index in [9.17, 15) is 4.79 Å². The van der Waals surface area contributed by atoms with E-state index in [0.717, 1.165) is 34.2 Å². The zero-order chi connectivity index (χ0) is 16.5. The highest BCUT2D eigenvalue weighted by molar-refractivity contribution is 5.97. The van der Waals surface area contributed by atoms with E-state index in [2.05, 4.69) is 29.9 Å². The summed E-state index contributed by atoms with van der Waals surface area (Å²) < 4.78 is 5.30. The Kier molecular flexibility index (Phi) is 4.31. The Morgan fingerprint density at radius 3 is 2.55 bits per heavy atom. The van der Waals surface area contributed by atoms with E-state index in [4.69, 9.17) is 4.74 Å². The molecule has 0 unspecified atom stereocenters. The standard InChI is InChI=1S/C18H24N2O2/c1-7-12-8-15-14(11(2)3)9-13(10-16(15)19-12)20-17(21)22-18(4,5)6/h8-10,19H,2,7H2,1,3-6H3,(H,20,21). The molecule has 0 spiro atoms. The van der Waals surface area contributed by atoms with Gasteiger partial charge in [0.1, 0.15) is 5.60 Å². The first kappa shape index (κ1) is 16.1. The number of rotatable bonds is 3. The van der Waals surface area contributed by atoms with E-state index >= 15 is 0 Å². The SMILES string of the molecule is C=C(C)c1cc(NC(=O)OC(C)(C)C)cc2[nH]c(CC)cc12. The third-order valence-electron chi connectivity index (χ3n) is 3.28. The largest absolute Gasteiger partial charge is 0.444 e. The lowest BCUT2D eigenvalue weighted by molar-refractivity contribution is 0.0636. The van der Waals surface area contributed by atoms with Crippen molar-refractivity contribution in [3.05, 3.63) is 36.0 Å². The molecule has 118 valence electrons. The second-order valence-electron chi connectivity index (χ2n) is 6.54. The van der Waals surface area contributed by atoms with E-state index in [1.807, 2.05) is 39.8 Å². The fourth-order valence-corrected chi connectivity index (χ4v) is 2.33. The quantitative estimate of drug-likeness (QED) is 0.827. The lowest BCUT2D eigenvalue weighted by Gasteiger charge is -2.20. The van der Waals surface area contributed by atoms with Gasteiger partial charge in [-0.3, -0.25) is 5.32 Å². The topological polar surface area (TPSA) is 54.1 Å². The van der Waals surface area contributed by atoms with Gasteiger partial charge in [-0.05, 0) is 57.9 Å². The van der Waals surface area contributed by atoms with Crippen LogP contribution in [0, 0.1) is 0 Å². The summed E-state index contributed by atoms with van der Waals surface area (Å²) in [5, 5.41) is 3.92. The number of aromatic amines is 1. The lowest BCUT2D eigenvalue weighted by Crippen LogP contribution is -2.27. The van der Waals surface area contributed by atoms with Crippen LogP contribution in [0.15, 0.2) is 24.8 Å². The van der Waals surface area contributed by atoms with E-state index in [-0.39, 0.29) is 0 Å². The van der Waals surface area contributed by atoms with Crippen LogP contribution in [0.3, 0.4) is 0 Å². The molecule has 0 bridgehead atoms. The number of aryl methyl sites for hydroxylation is 1. The average Bonchev–Trinajstić information content (AvgIpc) is 2.77. The first-order valence-corrected chi connectivity index (χ1v) is 7.51. The zero-order valence-corrected chi connectivity index (χ0v) is 14.0. The minimum absolute atomic E-state index is 0.457. The van der Waals surface area contributed by atoms with Crippen molar-refractivity contribution in [1.29, 1.82) is 0 Å². The first-order chi connectivity index (χ1) is 10.2. The summed E-state index contributed by atoms with van der Waals surface area (Å²) in [6.45, 7) is 13.6. The molecule has 0 fully saturated rings. The van der Waals surface area contributed by atoms with E-state index in [0.29, 0.717) is 5.69 Å². The van der Waals surface area contributed by atoms with Gasteiger partial charge >= 0.3 is 6.09 Å². The molecule has 4 heteroatoms. The summed E-state index contributed by atoms with van der Waals surface area (Å²) in [5.41, 5.74) is 4.31. The van der Waals surface area contributed by atoms with Gasteiger partial charge in [0, 0.05) is 22.3 Å². The minimum atomic E-state index is -0.521. The predicted molar refractivity (Wildman–Crippen MR) is 92.2 cm³/mol. The number of fused-ring (bicyclic) bond motifs is 1. The highest BCUT2D eigenvalue weighted by Crippen LogP contribution is 2.29. The number of aromatic nitrogens is 1. The summed E-state index contributed by atoms with van der Waals surface area (Å²) in [6, 6.07) is 5.99. The molecular weight excluding hydrogens is 276 g/mol. The fourth-order valence-electron chi connectivity index (χ4n) is 2.33. The maximum atomic E-state index is 11.9. The number of nitrogens with one attached hydrogen (secondary N) is 2. The Balaban J connectivity index is 2.38. The summed E-state index contributed by atoms with van der Waals surface area (Å²) in [7, 11) is 0. The fraction of sp³-hybridized carbons (Fsp3) is 0.389. The van der Waals surface area contributed by atoms with Crippen LogP contribution in [0.4, 0.5) is 10.5 Å². The van der Waals surface area contributed by atoms with Crippen LogP contribution in [0.5, 0.6) is 0 Å². The molecule has 2 aromatic rings. The van der Waals surface area contributed by atoms with Crippen molar-refractivity contribution in [2.45, 2.75) is 46.6 Å². The Morgan fingerprint density at radius 2 is 2.00 bits per heavy atom. The Labute approximate surface area is 131 Å². The lowest BCUT2D eigenvalue weighted by atomic mass is 10.0. The summed E-state index contributed by atoms with van der Waals surface area (Å²) in [5.74, 6) is 0. The number of amides is 1. The molecule has 0 atom stereocenters. The molecule has 0 aliphatic heterocycles. The number of anilines is 1. The molecule has 0 radical (unpaired) electrons. The van der Waals surface area contributed by atoms with Gasteiger partial charge in [0.25, 0.3) is 0 Å². The molecule has 22 heavy (non-hydrogen) atoms. The molecule has 1 amide bonds. The summed E-state index contributed by atoms with van der Waals surface area (Å²) >= 11 is 0. The van der Waals surface area contributed by atoms with Crippen LogP contribution in [-0.2, 0) is 11.2 Å². The highest BCUT2D eigenvalue weighted by atomic mass is 16.6. The highest BCUT2D eigenvalue weighted by Gasteiger charge is 2.17. The van der Waals surface area contributed by atoms with Crippen molar-refractivity contribution in [2.75, 3.05) is 5.32 Å². The summed E-state index contributed by atoms with van der Waals surface area (Å²) in [4.78, 5) is 15.3. The average molecular weight is 300 g/mol. The number of allylic oxidation sites excluding steroid dienone is 1. The monoisotopic (exact) mass is 300 g/mol. The van der Waals surface area contributed by atoms with Gasteiger partial charge in [0.15, 0.2) is 0 Å². The Hall–Kier alpha value is -2.23. The molecule has 0 saturated carbocycles. The van der Waals surface area contributed by atoms with Crippen molar-refractivity contribution >= 4 is 28.3 Å². The molecule has 0 aliphatic carbocycles. The van der Waals surface area contributed by atoms with Gasteiger partial charge < -0.3 is 9.72 Å².